The fourth-order valence-electron chi connectivity index (χ4n) is 5.56. The quantitative estimate of drug-likeness (QED) is 0.124. The Kier molecular flexibility index (Phi) is 9.24. The number of aromatic nitrogens is 3. The van der Waals surface area contributed by atoms with E-state index >= 15 is 0 Å². The highest BCUT2D eigenvalue weighted by Crippen LogP contribution is 2.21. The van der Waals surface area contributed by atoms with Gasteiger partial charge in [0.1, 0.15) is 23.9 Å². The number of carboxylic acids is 1. The summed E-state index contributed by atoms with van der Waals surface area (Å²) in [5.41, 5.74) is 9.16. The van der Waals surface area contributed by atoms with Gasteiger partial charge in [0.2, 0.25) is 17.7 Å². The van der Waals surface area contributed by atoms with Crippen LogP contribution in [0.3, 0.4) is 0 Å². The summed E-state index contributed by atoms with van der Waals surface area (Å²) in [4.78, 5) is 64.1. The van der Waals surface area contributed by atoms with Gasteiger partial charge in [-0.05, 0) is 48.6 Å². The Morgan fingerprint density at radius 1 is 0.977 bits per heavy atom. The highest BCUT2D eigenvalue weighted by atomic mass is 16.4. The van der Waals surface area contributed by atoms with Crippen molar-refractivity contribution in [2.75, 3.05) is 6.54 Å². The molecule has 1 saturated heterocycles. The van der Waals surface area contributed by atoms with Gasteiger partial charge in [-0.15, -0.1) is 0 Å². The van der Waals surface area contributed by atoms with Crippen molar-refractivity contribution in [1.29, 1.82) is 0 Å². The largest absolute Gasteiger partial charge is 0.508 e. The molecule has 1 fully saturated rings. The number of phenolic OH excluding ortho intramolecular Hbond substituents is 1. The first-order valence-electron chi connectivity index (χ1n) is 14.4. The topological polar surface area (TPSA) is 207 Å². The van der Waals surface area contributed by atoms with Crippen LogP contribution < -0.4 is 16.4 Å². The SMILES string of the molecule is NC(Cc1ccc(O)cc1)C(=O)NC(Cc1c[nH]c2ccccc12)C(=O)NC(Cc1cnc[nH]1)C(=O)N1CCCC1C(=O)O. The summed E-state index contributed by atoms with van der Waals surface area (Å²) in [5, 5.41) is 25.7. The second-order valence-electron chi connectivity index (χ2n) is 11.0. The maximum atomic E-state index is 13.9. The zero-order chi connectivity index (χ0) is 31.2. The number of fused-ring (bicyclic) bond motifs is 1. The summed E-state index contributed by atoms with van der Waals surface area (Å²) in [6.45, 7) is 0.257. The van der Waals surface area contributed by atoms with Gasteiger partial charge in [0.15, 0.2) is 0 Å². The number of imidazole rings is 1. The van der Waals surface area contributed by atoms with Gasteiger partial charge in [-0.3, -0.25) is 14.4 Å². The van der Waals surface area contributed by atoms with Gasteiger partial charge < -0.3 is 41.4 Å². The number of benzene rings is 2. The number of carbonyl (C=O) groups excluding carboxylic acids is 3. The minimum absolute atomic E-state index is 0.0432. The number of hydrogen-bond acceptors (Lipinski definition) is 7. The van der Waals surface area contributed by atoms with Crippen LogP contribution in [0, 0.1) is 0 Å². The molecule has 230 valence electrons. The third-order valence-corrected chi connectivity index (χ3v) is 7.88. The lowest BCUT2D eigenvalue weighted by atomic mass is 10.0. The Morgan fingerprint density at radius 3 is 2.45 bits per heavy atom. The number of rotatable bonds is 12. The van der Waals surface area contributed by atoms with Gasteiger partial charge in [0.25, 0.3) is 0 Å². The Labute approximate surface area is 252 Å². The average Bonchev–Trinajstić information content (AvgIpc) is 3.79. The number of H-pyrrole nitrogens is 2. The number of carbonyl (C=O) groups is 4. The number of amides is 3. The van der Waals surface area contributed by atoms with E-state index in [1.54, 1.807) is 18.3 Å². The highest BCUT2D eigenvalue weighted by Gasteiger charge is 2.38. The van der Waals surface area contributed by atoms with E-state index in [2.05, 4.69) is 25.6 Å². The number of nitrogens with one attached hydrogen (secondary N) is 4. The van der Waals surface area contributed by atoms with E-state index in [1.807, 2.05) is 24.3 Å². The first-order chi connectivity index (χ1) is 21.2. The van der Waals surface area contributed by atoms with Crippen molar-refractivity contribution in [1.82, 2.24) is 30.5 Å². The van der Waals surface area contributed by atoms with E-state index < -0.39 is 47.9 Å². The molecular formula is C31H35N7O6. The average molecular weight is 602 g/mol. The van der Waals surface area contributed by atoms with Crippen molar-refractivity contribution in [3.05, 3.63) is 84.1 Å². The normalized spacial score (nSPS) is 16.8. The number of aromatic amines is 2. The molecular weight excluding hydrogens is 566 g/mol. The summed E-state index contributed by atoms with van der Waals surface area (Å²) >= 11 is 0. The van der Waals surface area contributed by atoms with Crippen LogP contribution in [0.2, 0.25) is 0 Å². The maximum Gasteiger partial charge on any atom is 0.326 e. The van der Waals surface area contributed by atoms with Crippen LogP contribution in [0.25, 0.3) is 10.9 Å². The first-order valence-corrected chi connectivity index (χ1v) is 14.4. The summed E-state index contributed by atoms with van der Waals surface area (Å²) in [7, 11) is 0. The van der Waals surface area contributed by atoms with Crippen LogP contribution >= 0.6 is 0 Å². The summed E-state index contributed by atoms with van der Waals surface area (Å²) in [5.74, 6) is -2.73. The molecule has 5 rings (SSSR count). The lowest BCUT2D eigenvalue weighted by Crippen LogP contribution is -2.58. The second kappa shape index (κ2) is 13.4. The number of nitrogens with zero attached hydrogens (tertiary/aromatic N) is 2. The third kappa shape index (κ3) is 7.06. The zero-order valence-electron chi connectivity index (χ0n) is 23.9. The van der Waals surface area contributed by atoms with Crippen molar-refractivity contribution in [2.45, 2.75) is 56.3 Å². The van der Waals surface area contributed by atoms with E-state index in [-0.39, 0.29) is 31.6 Å². The molecule has 1 aliphatic heterocycles. The molecule has 3 heterocycles. The molecule has 2 aromatic carbocycles. The minimum Gasteiger partial charge on any atom is -0.508 e. The lowest BCUT2D eigenvalue weighted by Gasteiger charge is -2.29. The molecule has 0 radical (unpaired) electrons. The van der Waals surface area contributed by atoms with Gasteiger partial charge in [-0.25, -0.2) is 9.78 Å². The van der Waals surface area contributed by atoms with Crippen LogP contribution in [0.4, 0.5) is 0 Å². The number of carboxylic acid groups (broad SMARTS) is 1. The molecule has 44 heavy (non-hydrogen) atoms. The lowest BCUT2D eigenvalue weighted by molar-refractivity contribution is -0.149. The predicted octanol–water partition coefficient (Wildman–Crippen LogP) is 0.997. The Balaban J connectivity index is 1.38. The van der Waals surface area contributed by atoms with Crippen molar-refractivity contribution in [3.8, 4) is 5.75 Å². The monoisotopic (exact) mass is 601 g/mol. The molecule has 4 atom stereocenters. The van der Waals surface area contributed by atoms with Gasteiger partial charge in [0.05, 0.1) is 12.4 Å². The predicted molar refractivity (Wildman–Crippen MR) is 160 cm³/mol. The molecule has 0 bridgehead atoms. The molecule has 1 aliphatic rings. The van der Waals surface area contributed by atoms with Gasteiger partial charge in [-0.2, -0.15) is 0 Å². The second-order valence-corrected chi connectivity index (χ2v) is 11.0. The van der Waals surface area contributed by atoms with Crippen LogP contribution in [-0.2, 0) is 38.4 Å². The van der Waals surface area contributed by atoms with Gasteiger partial charge in [0, 0.05) is 48.4 Å². The van der Waals surface area contributed by atoms with E-state index in [4.69, 9.17) is 5.73 Å². The van der Waals surface area contributed by atoms with Crippen molar-refractivity contribution >= 4 is 34.6 Å². The Bertz CT molecular complexity index is 1620. The van der Waals surface area contributed by atoms with E-state index in [0.717, 1.165) is 22.0 Å². The Morgan fingerprint density at radius 2 is 1.73 bits per heavy atom. The molecule has 4 unspecified atom stereocenters. The first kappa shape index (κ1) is 30.3. The summed E-state index contributed by atoms with van der Waals surface area (Å²) < 4.78 is 0. The maximum absolute atomic E-state index is 13.9. The summed E-state index contributed by atoms with van der Waals surface area (Å²) in [6.07, 6.45) is 5.90. The minimum atomic E-state index is -1.11. The number of likely N-dealkylation sites (tertiary alicyclic amines) is 1. The Hall–Kier alpha value is -5.17. The van der Waals surface area contributed by atoms with Gasteiger partial charge >= 0.3 is 5.97 Å². The van der Waals surface area contributed by atoms with Crippen LogP contribution in [0.15, 0.2) is 67.3 Å². The zero-order valence-corrected chi connectivity index (χ0v) is 23.9. The van der Waals surface area contributed by atoms with Crippen molar-refractivity contribution in [2.24, 2.45) is 5.73 Å². The van der Waals surface area contributed by atoms with E-state index in [1.165, 1.54) is 29.6 Å². The van der Waals surface area contributed by atoms with E-state index in [9.17, 15) is 29.4 Å². The number of para-hydroxylation sites is 1. The number of aromatic hydroxyl groups is 1. The molecule has 3 amide bonds. The van der Waals surface area contributed by atoms with E-state index in [0.29, 0.717) is 18.5 Å². The standard InChI is InChI=1S/C31H35N7O6/c32-23(12-18-7-9-21(39)10-8-18)28(40)36-25(13-19-15-34-24-5-2-1-4-22(19)24)29(41)37-26(14-20-16-33-17-35-20)30(42)38-11-3-6-27(38)31(43)44/h1-2,4-5,7-10,15-17,23,25-27,34,39H,3,6,11-14,32H2,(H,33,35)(H,36,40)(H,37,41)(H,43,44). The molecule has 2 aromatic heterocycles. The van der Waals surface area contributed by atoms with Crippen LogP contribution in [-0.4, -0.2) is 84.5 Å². The molecule has 4 aromatic rings. The molecule has 0 aliphatic carbocycles. The fourth-order valence-corrected chi connectivity index (χ4v) is 5.56. The number of aliphatic carboxylic acids is 1. The molecule has 8 N–H and O–H groups in total. The summed E-state index contributed by atoms with van der Waals surface area (Å²) in [6, 6.07) is 9.66. The molecule has 13 heteroatoms. The molecule has 0 spiro atoms. The highest BCUT2D eigenvalue weighted by molar-refractivity contribution is 5.95. The number of hydrogen-bond donors (Lipinski definition) is 7. The number of nitrogens with two attached hydrogens (primary N) is 1. The smallest absolute Gasteiger partial charge is 0.326 e. The van der Waals surface area contributed by atoms with Crippen molar-refractivity contribution < 1.29 is 29.4 Å². The fraction of sp³-hybridized carbons (Fsp3) is 0.323. The number of phenols is 1. The van der Waals surface area contributed by atoms with Crippen molar-refractivity contribution in [3.63, 3.8) is 0 Å². The third-order valence-electron chi connectivity index (χ3n) is 7.88. The van der Waals surface area contributed by atoms with Crippen LogP contribution in [0.1, 0.15) is 29.7 Å². The molecule has 0 saturated carbocycles. The van der Waals surface area contributed by atoms with Gasteiger partial charge in [-0.1, -0.05) is 30.3 Å². The molecule has 13 nitrogen and oxygen atoms in total. The van der Waals surface area contributed by atoms with Crippen LogP contribution in [0.5, 0.6) is 5.75 Å².